The third-order valence-corrected chi connectivity index (χ3v) is 2.49. The van der Waals surface area contributed by atoms with Crippen LogP contribution in [0, 0.1) is 11.2 Å². The summed E-state index contributed by atoms with van der Waals surface area (Å²) in [6.07, 6.45) is 1.53. The van der Waals surface area contributed by atoms with Crippen LogP contribution in [0.5, 0.6) is 0 Å². The standard InChI is InChI=1S/C14H13FN4.ClH/c15-13-4-2-1-3-12(13)11-7-5-10(6-8-11)9-18-19-14(16)17;/h1-9H,(H4,16,17,19);1H. The molecule has 0 unspecified atom stereocenters. The highest BCUT2D eigenvalue weighted by atomic mass is 35.5. The number of rotatable bonds is 3. The molecule has 0 saturated heterocycles. The lowest BCUT2D eigenvalue weighted by Crippen LogP contribution is -2.25. The van der Waals surface area contributed by atoms with Crippen molar-refractivity contribution in [1.29, 1.82) is 5.41 Å². The van der Waals surface area contributed by atoms with E-state index in [2.05, 4.69) is 10.5 Å². The molecule has 104 valence electrons. The number of hydrazone groups is 1. The molecule has 0 aliphatic carbocycles. The molecule has 2 aromatic rings. The van der Waals surface area contributed by atoms with Gasteiger partial charge in [-0.3, -0.25) is 5.41 Å². The van der Waals surface area contributed by atoms with Crippen molar-refractivity contribution >= 4 is 24.6 Å². The summed E-state index contributed by atoms with van der Waals surface area (Å²) in [5, 5.41) is 10.7. The van der Waals surface area contributed by atoms with Gasteiger partial charge in [0.25, 0.3) is 0 Å². The second kappa shape index (κ2) is 7.25. The van der Waals surface area contributed by atoms with Gasteiger partial charge >= 0.3 is 0 Å². The van der Waals surface area contributed by atoms with E-state index in [1.165, 1.54) is 12.3 Å². The summed E-state index contributed by atoms with van der Waals surface area (Å²) in [4.78, 5) is 0. The second-order valence-corrected chi connectivity index (χ2v) is 3.89. The first kappa shape index (κ1) is 15.7. The van der Waals surface area contributed by atoms with Gasteiger partial charge in [0, 0.05) is 5.56 Å². The highest BCUT2D eigenvalue weighted by molar-refractivity contribution is 5.85. The quantitative estimate of drug-likeness (QED) is 0.462. The van der Waals surface area contributed by atoms with E-state index in [1.807, 2.05) is 24.3 Å². The smallest absolute Gasteiger partial charge is 0.206 e. The third kappa shape index (κ3) is 4.07. The van der Waals surface area contributed by atoms with Crippen LogP contribution < -0.4 is 11.2 Å². The maximum atomic E-state index is 13.6. The van der Waals surface area contributed by atoms with Crippen LogP contribution in [-0.2, 0) is 0 Å². The summed E-state index contributed by atoms with van der Waals surface area (Å²) >= 11 is 0. The maximum absolute atomic E-state index is 13.6. The van der Waals surface area contributed by atoms with Gasteiger partial charge in [-0.15, -0.1) is 12.4 Å². The molecule has 0 atom stereocenters. The van der Waals surface area contributed by atoms with Gasteiger partial charge in [-0.05, 0) is 17.2 Å². The molecular weight excluding hydrogens is 279 g/mol. The Labute approximate surface area is 122 Å². The second-order valence-electron chi connectivity index (χ2n) is 3.89. The van der Waals surface area contributed by atoms with Gasteiger partial charge in [-0.2, -0.15) is 5.10 Å². The van der Waals surface area contributed by atoms with Gasteiger partial charge < -0.3 is 5.73 Å². The van der Waals surface area contributed by atoms with E-state index in [-0.39, 0.29) is 24.2 Å². The van der Waals surface area contributed by atoms with E-state index >= 15 is 0 Å². The Bertz CT molecular complexity index is 611. The van der Waals surface area contributed by atoms with Crippen LogP contribution in [0.1, 0.15) is 5.56 Å². The van der Waals surface area contributed by atoms with Crippen LogP contribution in [0.25, 0.3) is 11.1 Å². The zero-order valence-corrected chi connectivity index (χ0v) is 11.3. The van der Waals surface area contributed by atoms with Crippen LogP contribution in [0.4, 0.5) is 4.39 Å². The van der Waals surface area contributed by atoms with E-state index in [0.717, 1.165) is 11.1 Å². The average molecular weight is 293 g/mol. The highest BCUT2D eigenvalue weighted by Gasteiger charge is 2.02. The number of benzene rings is 2. The fraction of sp³-hybridized carbons (Fsp3) is 0. The molecule has 4 nitrogen and oxygen atoms in total. The minimum Gasteiger partial charge on any atom is -0.369 e. The minimum absolute atomic E-state index is 0. The van der Waals surface area contributed by atoms with Crippen LogP contribution >= 0.6 is 12.4 Å². The van der Waals surface area contributed by atoms with Crippen molar-refractivity contribution in [3.63, 3.8) is 0 Å². The summed E-state index contributed by atoms with van der Waals surface area (Å²) in [6.45, 7) is 0. The molecule has 20 heavy (non-hydrogen) atoms. The van der Waals surface area contributed by atoms with Crippen molar-refractivity contribution in [2.45, 2.75) is 0 Å². The Morgan fingerprint density at radius 1 is 1.15 bits per heavy atom. The van der Waals surface area contributed by atoms with Gasteiger partial charge in [-0.25, -0.2) is 9.82 Å². The molecule has 2 aromatic carbocycles. The van der Waals surface area contributed by atoms with Crippen molar-refractivity contribution < 1.29 is 4.39 Å². The Morgan fingerprint density at radius 3 is 2.40 bits per heavy atom. The molecule has 0 heterocycles. The number of guanidine groups is 1. The first-order valence-corrected chi connectivity index (χ1v) is 5.65. The van der Waals surface area contributed by atoms with Crippen LogP contribution in [-0.4, -0.2) is 12.2 Å². The molecule has 0 saturated carbocycles. The molecule has 0 aromatic heterocycles. The zero-order valence-electron chi connectivity index (χ0n) is 10.5. The molecule has 0 radical (unpaired) electrons. The molecule has 0 spiro atoms. The van der Waals surface area contributed by atoms with Crippen molar-refractivity contribution in [3.8, 4) is 11.1 Å². The predicted molar refractivity (Wildman–Crippen MR) is 81.7 cm³/mol. The summed E-state index contributed by atoms with van der Waals surface area (Å²) in [5.74, 6) is -0.471. The maximum Gasteiger partial charge on any atom is 0.206 e. The fourth-order valence-electron chi connectivity index (χ4n) is 1.62. The minimum atomic E-state index is -0.248. The van der Waals surface area contributed by atoms with E-state index in [4.69, 9.17) is 11.1 Å². The Balaban J connectivity index is 0.00000200. The molecule has 0 fully saturated rings. The molecular formula is C14H14ClFN4. The number of nitrogens with two attached hydrogens (primary N) is 1. The highest BCUT2D eigenvalue weighted by Crippen LogP contribution is 2.22. The van der Waals surface area contributed by atoms with Crippen LogP contribution in [0.3, 0.4) is 0 Å². The molecule has 0 bridgehead atoms. The first-order chi connectivity index (χ1) is 9.16. The summed E-state index contributed by atoms with van der Waals surface area (Å²) in [7, 11) is 0. The van der Waals surface area contributed by atoms with Crippen molar-refractivity contribution in [2.24, 2.45) is 10.8 Å². The van der Waals surface area contributed by atoms with Gasteiger partial charge in [0.05, 0.1) is 6.21 Å². The lowest BCUT2D eigenvalue weighted by molar-refractivity contribution is 0.631. The van der Waals surface area contributed by atoms with E-state index in [1.54, 1.807) is 18.2 Å². The molecule has 0 aliphatic rings. The summed E-state index contributed by atoms with van der Waals surface area (Å²) < 4.78 is 13.6. The van der Waals surface area contributed by atoms with Gasteiger partial charge in [0.1, 0.15) is 5.82 Å². The van der Waals surface area contributed by atoms with E-state index in [0.29, 0.717) is 5.56 Å². The third-order valence-electron chi connectivity index (χ3n) is 2.49. The number of halogens is 2. The molecule has 6 heteroatoms. The topological polar surface area (TPSA) is 74.3 Å². The fourth-order valence-corrected chi connectivity index (χ4v) is 1.62. The largest absolute Gasteiger partial charge is 0.369 e. The van der Waals surface area contributed by atoms with E-state index in [9.17, 15) is 4.39 Å². The van der Waals surface area contributed by atoms with Crippen LogP contribution in [0.15, 0.2) is 53.6 Å². The molecule has 2 rings (SSSR count). The normalized spacial score (nSPS) is 10.1. The Morgan fingerprint density at radius 2 is 1.80 bits per heavy atom. The Hall–Kier alpha value is -2.40. The SMILES string of the molecule is Cl.N=C(N)NN=Cc1ccc(-c2ccccc2F)cc1. The van der Waals surface area contributed by atoms with Crippen molar-refractivity contribution in [1.82, 2.24) is 5.43 Å². The summed E-state index contributed by atoms with van der Waals surface area (Å²) in [6, 6.07) is 13.9. The van der Waals surface area contributed by atoms with Crippen molar-refractivity contribution in [3.05, 3.63) is 59.9 Å². The number of hydrogen-bond donors (Lipinski definition) is 3. The lowest BCUT2D eigenvalue weighted by Gasteiger charge is -2.03. The predicted octanol–water partition coefficient (Wildman–Crippen LogP) is 2.73. The lowest BCUT2D eigenvalue weighted by atomic mass is 10.0. The Kier molecular flexibility index (Phi) is 5.68. The molecule has 0 aliphatic heterocycles. The van der Waals surface area contributed by atoms with E-state index < -0.39 is 0 Å². The number of hydrogen-bond acceptors (Lipinski definition) is 2. The monoisotopic (exact) mass is 292 g/mol. The number of nitrogens with one attached hydrogen (secondary N) is 2. The zero-order chi connectivity index (χ0) is 13.7. The molecule has 0 amide bonds. The first-order valence-electron chi connectivity index (χ1n) is 5.65. The summed E-state index contributed by atoms with van der Waals surface area (Å²) in [5.41, 5.74) is 9.60. The average Bonchev–Trinajstić information content (AvgIpc) is 2.40. The number of nitrogens with zero attached hydrogens (tertiary/aromatic N) is 1. The van der Waals surface area contributed by atoms with Crippen LogP contribution in [0.2, 0.25) is 0 Å². The van der Waals surface area contributed by atoms with Gasteiger partial charge in [0.15, 0.2) is 0 Å². The van der Waals surface area contributed by atoms with Gasteiger partial charge in [-0.1, -0.05) is 42.5 Å². The van der Waals surface area contributed by atoms with Gasteiger partial charge in [0.2, 0.25) is 5.96 Å². The molecule has 4 N–H and O–H groups in total. The van der Waals surface area contributed by atoms with Crippen molar-refractivity contribution in [2.75, 3.05) is 0 Å².